The van der Waals surface area contributed by atoms with E-state index in [0.29, 0.717) is 18.4 Å². The van der Waals surface area contributed by atoms with Crippen LogP contribution in [0.1, 0.15) is 32.1 Å². The third-order valence-electron chi connectivity index (χ3n) is 5.96. The molecule has 8 heteroatoms. The average Bonchev–Trinajstić information content (AvgIpc) is 3.33. The number of aliphatic imine (C=N–C) groups is 1. The highest BCUT2D eigenvalue weighted by atomic mass is 127. The molecule has 0 bridgehead atoms. The van der Waals surface area contributed by atoms with Crippen LogP contribution >= 0.6 is 24.0 Å². The Morgan fingerprint density at radius 3 is 2.42 bits per heavy atom. The zero-order chi connectivity index (χ0) is 21.0. The van der Waals surface area contributed by atoms with Gasteiger partial charge in [0.15, 0.2) is 5.96 Å². The summed E-state index contributed by atoms with van der Waals surface area (Å²) >= 11 is 0. The normalized spacial score (nSPS) is 17.8. The Balaban J connectivity index is 0.00000341. The second kappa shape index (κ2) is 14.5. The molecule has 0 atom stereocenters. The van der Waals surface area contributed by atoms with Crippen LogP contribution in [-0.2, 0) is 4.79 Å². The molecule has 1 aromatic carbocycles. The molecule has 7 nitrogen and oxygen atoms in total. The number of benzene rings is 1. The average molecular weight is 543 g/mol. The minimum atomic E-state index is 0. The van der Waals surface area contributed by atoms with Gasteiger partial charge in [-0.15, -0.1) is 24.0 Å². The van der Waals surface area contributed by atoms with E-state index in [-0.39, 0.29) is 24.0 Å². The fourth-order valence-electron chi connectivity index (χ4n) is 4.16. The maximum Gasteiger partial charge on any atom is 0.225 e. The van der Waals surface area contributed by atoms with Crippen LogP contribution in [0.15, 0.2) is 35.3 Å². The Hall–Kier alpha value is -1.55. The standard InChI is InChI=1S/C23H37N5O2.HI/c1-24-23(25-12-7-19-30-21-10-3-2-4-11-21)26-13-14-27-15-17-28(18-16-27)22(29)20-8-5-6-9-20;/h2-4,10-11,20H,5-9,12-19H2,1H3,(H2,24,25,26);1H. The maximum atomic E-state index is 12.5. The van der Waals surface area contributed by atoms with Crippen molar-refractivity contribution in [2.45, 2.75) is 32.1 Å². The van der Waals surface area contributed by atoms with Gasteiger partial charge in [-0.1, -0.05) is 31.0 Å². The van der Waals surface area contributed by atoms with E-state index < -0.39 is 0 Å². The molecule has 2 N–H and O–H groups in total. The number of rotatable bonds is 9. The summed E-state index contributed by atoms with van der Waals surface area (Å²) in [6.45, 7) is 6.95. The summed E-state index contributed by atoms with van der Waals surface area (Å²) < 4.78 is 5.70. The van der Waals surface area contributed by atoms with Crippen molar-refractivity contribution in [3.8, 4) is 5.75 Å². The molecule has 1 aromatic rings. The van der Waals surface area contributed by atoms with Crippen molar-refractivity contribution >= 4 is 35.8 Å². The highest BCUT2D eigenvalue weighted by Gasteiger charge is 2.29. The molecule has 0 aromatic heterocycles. The first kappa shape index (κ1) is 25.7. The zero-order valence-electron chi connectivity index (χ0n) is 18.7. The van der Waals surface area contributed by atoms with Crippen LogP contribution in [0.25, 0.3) is 0 Å². The summed E-state index contributed by atoms with van der Waals surface area (Å²) in [4.78, 5) is 21.3. The van der Waals surface area contributed by atoms with Crippen molar-refractivity contribution < 1.29 is 9.53 Å². The van der Waals surface area contributed by atoms with Gasteiger partial charge in [-0.05, 0) is 31.4 Å². The van der Waals surface area contributed by atoms with E-state index in [4.69, 9.17) is 4.74 Å². The molecule has 1 aliphatic carbocycles. The van der Waals surface area contributed by atoms with Crippen LogP contribution in [-0.4, -0.2) is 81.1 Å². The first-order chi connectivity index (χ1) is 14.8. The van der Waals surface area contributed by atoms with Gasteiger partial charge in [-0.3, -0.25) is 14.7 Å². The zero-order valence-corrected chi connectivity index (χ0v) is 21.1. The number of amides is 1. The number of carbonyl (C=O) groups excluding carboxylic acids is 1. The van der Waals surface area contributed by atoms with Gasteiger partial charge in [0.2, 0.25) is 5.91 Å². The molecule has 1 heterocycles. The van der Waals surface area contributed by atoms with Gasteiger partial charge in [-0.25, -0.2) is 0 Å². The van der Waals surface area contributed by atoms with Gasteiger partial charge in [-0.2, -0.15) is 0 Å². The van der Waals surface area contributed by atoms with Gasteiger partial charge >= 0.3 is 0 Å². The lowest BCUT2D eigenvalue weighted by Gasteiger charge is -2.36. The smallest absolute Gasteiger partial charge is 0.225 e. The van der Waals surface area contributed by atoms with E-state index >= 15 is 0 Å². The van der Waals surface area contributed by atoms with Gasteiger partial charge in [0.05, 0.1) is 6.61 Å². The molecule has 174 valence electrons. The summed E-state index contributed by atoms with van der Waals surface area (Å²) in [5.41, 5.74) is 0. The summed E-state index contributed by atoms with van der Waals surface area (Å²) in [7, 11) is 1.79. The number of ether oxygens (including phenoxy) is 1. The quantitative estimate of drug-likeness (QED) is 0.217. The van der Waals surface area contributed by atoms with Gasteiger partial charge < -0.3 is 20.3 Å². The maximum absolute atomic E-state index is 12.5. The number of carbonyl (C=O) groups is 1. The first-order valence-electron chi connectivity index (χ1n) is 11.4. The summed E-state index contributed by atoms with van der Waals surface area (Å²) in [5, 5.41) is 6.71. The Kier molecular flexibility index (Phi) is 12.0. The third-order valence-corrected chi connectivity index (χ3v) is 5.96. The van der Waals surface area contributed by atoms with Crippen LogP contribution in [0.3, 0.4) is 0 Å². The molecule has 2 aliphatic rings. The fourth-order valence-corrected chi connectivity index (χ4v) is 4.16. The molecule has 3 rings (SSSR count). The molecule has 1 amide bonds. The SMILES string of the molecule is CN=C(NCCCOc1ccccc1)NCCN1CCN(C(=O)C2CCCC2)CC1.I. The number of guanidine groups is 1. The van der Waals surface area contributed by atoms with E-state index in [2.05, 4.69) is 25.4 Å². The third kappa shape index (κ3) is 8.84. The van der Waals surface area contributed by atoms with Crippen LogP contribution in [0.2, 0.25) is 0 Å². The van der Waals surface area contributed by atoms with E-state index in [1.54, 1.807) is 7.05 Å². The monoisotopic (exact) mass is 543 g/mol. The molecule has 0 radical (unpaired) electrons. The number of nitrogens with zero attached hydrogens (tertiary/aromatic N) is 3. The lowest BCUT2D eigenvalue weighted by Crippen LogP contribution is -2.51. The summed E-state index contributed by atoms with van der Waals surface area (Å²) in [6.07, 6.45) is 5.53. The minimum absolute atomic E-state index is 0. The van der Waals surface area contributed by atoms with Crippen molar-refractivity contribution in [1.29, 1.82) is 0 Å². The molecular weight excluding hydrogens is 505 g/mol. The minimum Gasteiger partial charge on any atom is -0.494 e. The van der Waals surface area contributed by atoms with Gasteiger partial charge in [0.25, 0.3) is 0 Å². The van der Waals surface area contributed by atoms with E-state index in [1.807, 2.05) is 30.3 Å². The highest BCUT2D eigenvalue weighted by Crippen LogP contribution is 2.26. The molecule has 2 fully saturated rings. The fraction of sp³-hybridized carbons (Fsp3) is 0.652. The number of piperazine rings is 1. The predicted molar refractivity (Wildman–Crippen MR) is 136 cm³/mol. The Labute approximate surface area is 204 Å². The van der Waals surface area contributed by atoms with Crippen LogP contribution in [0, 0.1) is 5.92 Å². The van der Waals surface area contributed by atoms with Crippen LogP contribution < -0.4 is 15.4 Å². The number of halogens is 1. The van der Waals surface area contributed by atoms with Crippen LogP contribution in [0.5, 0.6) is 5.75 Å². The molecule has 1 aliphatic heterocycles. The second-order valence-electron chi connectivity index (χ2n) is 8.09. The lowest BCUT2D eigenvalue weighted by molar-refractivity contribution is -0.137. The van der Waals surface area contributed by atoms with Gasteiger partial charge in [0.1, 0.15) is 5.75 Å². The lowest BCUT2D eigenvalue weighted by atomic mass is 10.1. The Morgan fingerprint density at radius 2 is 1.74 bits per heavy atom. The van der Waals surface area contributed by atoms with Crippen molar-refractivity contribution in [3.63, 3.8) is 0 Å². The summed E-state index contributed by atoms with van der Waals surface area (Å²) in [5.74, 6) is 2.42. The Bertz CT molecular complexity index is 659. The number of hydrogen-bond acceptors (Lipinski definition) is 4. The predicted octanol–water partition coefficient (Wildman–Crippen LogP) is 2.57. The molecule has 0 spiro atoms. The van der Waals surface area contributed by atoms with Crippen molar-refractivity contribution in [3.05, 3.63) is 30.3 Å². The highest BCUT2D eigenvalue weighted by molar-refractivity contribution is 14.0. The second-order valence-corrected chi connectivity index (χ2v) is 8.09. The number of nitrogens with one attached hydrogen (secondary N) is 2. The molecular formula is C23H38IN5O2. The summed E-state index contributed by atoms with van der Waals surface area (Å²) in [6, 6.07) is 9.89. The first-order valence-corrected chi connectivity index (χ1v) is 11.4. The number of para-hydroxylation sites is 1. The Morgan fingerprint density at radius 1 is 1.06 bits per heavy atom. The van der Waals surface area contributed by atoms with Gasteiger partial charge in [0, 0.05) is 58.8 Å². The van der Waals surface area contributed by atoms with E-state index in [0.717, 1.165) is 76.8 Å². The molecule has 1 saturated heterocycles. The molecule has 0 unspecified atom stereocenters. The topological polar surface area (TPSA) is 69.2 Å². The van der Waals surface area contributed by atoms with E-state index in [1.165, 1.54) is 12.8 Å². The molecule has 31 heavy (non-hydrogen) atoms. The van der Waals surface area contributed by atoms with Crippen molar-refractivity contribution in [2.75, 3.05) is 59.5 Å². The molecule has 1 saturated carbocycles. The van der Waals surface area contributed by atoms with Crippen molar-refractivity contribution in [1.82, 2.24) is 20.4 Å². The van der Waals surface area contributed by atoms with E-state index in [9.17, 15) is 4.79 Å². The number of hydrogen-bond donors (Lipinski definition) is 2. The van der Waals surface area contributed by atoms with Crippen molar-refractivity contribution in [2.24, 2.45) is 10.9 Å². The largest absolute Gasteiger partial charge is 0.494 e. The van der Waals surface area contributed by atoms with Crippen LogP contribution in [0.4, 0.5) is 0 Å².